The summed E-state index contributed by atoms with van der Waals surface area (Å²) in [6, 6.07) is 0.454. The maximum Gasteiger partial charge on any atom is 0.323 e. The predicted molar refractivity (Wildman–Crippen MR) is 74.5 cm³/mol. The van der Waals surface area contributed by atoms with Crippen molar-refractivity contribution in [3.8, 4) is 6.01 Å². The summed E-state index contributed by atoms with van der Waals surface area (Å²) in [5, 5.41) is 3.20. The third-order valence-electron chi connectivity index (χ3n) is 2.69. The standard InChI is InChI=1S/C11H19N5O2S/c1-7(2)18-11-15-9(12)14-10(16-11)13-8-3-5-19(17)6-4-8/h7-8H,3-6H2,1-2H3,(H3,12,13,14,15,16). The fourth-order valence-corrected chi connectivity index (χ4v) is 3.12. The normalized spacial score (nSPS) is 23.3. The van der Waals surface area contributed by atoms with Crippen LogP contribution in [-0.2, 0) is 10.8 Å². The smallest absolute Gasteiger partial charge is 0.323 e. The first-order chi connectivity index (χ1) is 9.02. The Hall–Kier alpha value is -1.44. The number of nitrogens with two attached hydrogens (primary N) is 1. The summed E-state index contributed by atoms with van der Waals surface area (Å²) in [5.41, 5.74) is 5.63. The van der Waals surface area contributed by atoms with Gasteiger partial charge in [-0.05, 0) is 26.7 Å². The molecule has 1 fully saturated rings. The summed E-state index contributed by atoms with van der Waals surface area (Å²) in [7, 11) is -0.678. The summed E-state index contributed by atoms with van der Waals surface area (Å²) < 4.78 is 16.7. The van der Waals surface area contributed by atoms with Crippen molar-refractivity contribution in [3.63, 3.8) is 0 Å². The van der Waals surface area contributed by atoms with Gasteiger partial charge in [0.25, 0.3) is 0 Å². The van der Waals surface area contributed by atoms with Crippen LogP contribution in [0.2, 0.25) is 0 Å². The first kappa shape index (κ1) is 14.0. The van der Waals surface area contributed by atoms with Crippen LogP contribution in [0.4, 0.5) is 11.9 Å². The van der Waals surface area contributed by atoms with Crippen LogP contribution < -0.4 is 15.8 Å². The van der Waals surface area contributed by atoms with E-state index >= 15 is 0 Å². The van der Waals surface area contributed by atoms with Gasteiger partial charge in [0.2, 0.25) is 11.9 Å². The molecule has 2 heterocycles. The molecule has 0 unspecified atom stereocenters. The molecule has 1 aromatic rings. The Labute approximate surface area is 114 Å². The van der Waals surface area contributed by atoms with Crippen molar-refractivity contribution in [2.24, 2.45) is 0 Å². The van der Waals surface area contributed by atoms with Gasteiger partial charge in [0.15, 0.2) is 0 Å². The number of nitrogens with one attached hydrogen (secondary N) is 1. The zero-order chi connectivity index (χ0) is 13.8. The zero-order valence-electron chi connectivity index (χ0n) is 11.1. The van der Waals surface area contributed by atoms with Gasteiger partial charge >= 0.3 is 6.01 Å². The molecule has 0 saturated carbocycles. The van der Waals surface area contributed by atoms with E-state index in [9.17, 15) is 4.21 Å². The molecule has 1 aliphatic heterocycles. The maximum atomic E-state index is 11.3. The molecule has 1 aromatic heterocycles. The van der Waals surface area contributed by atoms with Crippen molar-refractivity contribution in [2.45, 2.75) is 38.8 Å². The number of anilines is 2. The predicted octanol–water partition coefficient (Wildman–Crippen LogP) is 0.564. The van der Waals surface area contributed by atoms with Gasteiger partial charge in [-0.25, -0.2) is 0 Å². The molecule has 0 spiro atoms. The Morgan fingerprint density at radius 1 is 1.32 bits per heavy atom. The number of nitrogen functional groups attached to an aromatic ring is 1. The number of hydrogen-bond donors (Lipinski definition) is 2. The van der Waals surface area contributed by atoms with E-state index in [1.165, 1.54) is 0 Å². The van der Waals surface area contributed by atoms with Gasteiger partial charge in [0, 0.05) is 28.3 Å². The largest absolute Gasteiger partial charge is 0.461 e. The zero-order valence-corrected chi connectivity index (χ0v) is 11.9. The van der Waals surface area contributed by atoms with E-state index in [-0.39, 0.29) is 24.1 Å². The quantitative estimate of drug-likeness (QED) is 0.833. The van der Waals surface area contributed by atoms with Gasteiger partial charge in [-0.2, -0.15) is 15.0 Å². The van der Waals surface area contributed by atoms with E-state index in [2.05, 4.69) is 20.3 Å². The lowest BCUT2D eigenvalue weighted by Crippen LogP contribution is -2.30. The minimum absolute atomic E-state index is 0.0215. The van der Waals surface area contributed by atoms with Crippen LogP contribution in [0.25, 0.3) is 0 Å². The molecule has 7 nitrogen and oxygen atoms in total. The molecule has 2 rings (SSSR count). The molecule has 3 N–H and O–H groups in total. The number of nitrogens with zero attached hydrogens (tertiary/aromatic N) is 3. The SMILES string of the molecule is CC(C)Oc1nc(N)nc(NC2CCS(=O)CC2)n1. The Kier molecular flexibility index (Phi) is 4.52. The number of aromatic nitrogens is 3. The highest BCUT2D eigenvalue weighted by molar-refractivity contribution is 7.85. The van der Waals surface area contributed by atoms with Crippen molar-refractivity contribution in [2.75, 3.05) is 22.6 Å². The Morgan fingerprint density at radius 3 is 2.63 bits per heavy atom. The first-order valence-corrected chi connectivity index (χ1v) is 7.81. The molecular formula is C11H19N5O2S. The second kappa shape index (κ2) is 6.14. The van der Waals surface area contributed by atoms with Crippen molar-refractivity contribution >= 4 is 22.7 Å². The second-order valence-electron chi connectivity index (χ2n) is 4.73. The lowest BCUT2D eigenvalue weighted by Gasteiger charge is -2.22. The molecule has 1 aliphatic rings. The highest BCUT2D eigenvalue weighted by atomic mass is 32.2. The third-order valence-corrected chi connectivity index (χ3v) is 4.08. The Balaban J connectivity index is 2.03. The van der Waals surface area contributed by atoms with Crippen LogP contribution >= 0.6 is 0 Å². The number of rotatable bonds is 4. The summed E-state index contributed by atoms with van der Waals surface area (Å²) in [5.74, 6) is 1.98. The average molecular weight is 285 g/mol. The Bertz CT molecular complexity index is 458. The summed E-state index contributed by atoms with van der Waals surface area (Å²) in [6.45, 7) is 3.78. The second-order valence-corrected chi connectivity index (χ2v) is 6.43. The summed E-state index contributed by atoms with van der Waals surface area (Å²) >= 11 is 0. The van der Waals surface area contributed by atoms with Gasteiger partial charge < -0.3 is 15.8 Å². The van der Waals surface area contributed by atoms with Crippen LogP contribution in [0.3, 0.4) is 0 Å². The number of hydrogen-bond acceptors (Lipinski definition) is 7. The molecular weight excluding hydrogens is 266 g/mol. The van der Waals surface area contributed by atoms with Gasteiger partial charge in [-0.15, -0.1) is 0 Å². The van der Waals surface area contributed by atoms with Crippen LogP contribution in [0.15, 0.2) is 0 Å². The third kappa shape index (κ3) is 4.30. The van der Waals surface area contributed by atoms with Crippen LogP contribution in [-0.4, -0.2) is 42.8 Å². The van der Waals surface area contributed by atoms with E-state index in [0.717, 1.165) is 12.8 Å². The topological polar surface area (TPSA) is 103 Å². The lowest BCUT2D eigenvalue weighted by atomic mass is 10.2. The molecule has 0 aromatic carbocycles. The fraction of sp³-hybridized carbons (Fsp3) is 0.727. The molecule has 0 radical (unpaired) electrons. The minimum Gasteiger partial charge on any atom is -0.461 e. The summed E-state index contributed by atoms with van der Waals surface area (Å²) in [6.07, 6.45) is 1.67. The van der Waals surface area contributed by atoms with E-state index < -0.39 is 10.8 Å². The molecule has 1 saturated heterocycles. The maximum absolute atomic E-state index is 11.3. The molecule has 0 aliphatic carbocycles. The van der Waals surface area contributed by atoms with Crippen LogP contribution in [0.5, 0.6) is 6.01 Å². The van der Waals surface area contributed by atoms with Crippen molar-refractivity contribution in [3.05, 3.63) is 0 Å². The highest BCUT2D eigenvalue weighted by Crippen LogP contribution is 2.16. The molecule has 19 heavy (non-hydrogen) atoms. The van der Waals surface area contributed by atoms with E-state index in [0.29, 0.717) is 17.5 Å². The Morgan fingerprint density at radius 2 is 2.00 bits per heavy atom. The fourth-order valence-electron chi connectivity index (χ4n) is 1.82. The first-order valence-electron chi connectivity index (χ1n) is 6.32. The van der Waals surface area contributed by atoms with Crippen LogP contribution in [0.1, 0.15) is 26.7 Å². The number of ether oxygens (including phenoxy) is 1. The van der Waals surface area contributed by atoms with Crippen molar-refractivity contribution < 1.29 is 8.95 Å². The summed E-state index contributed by atoms with van der Waals surface area (Å²) in [4.78, 5) is 12.1. The molecule has 0 bridgehead atoms. The molecule has 8 heteroatoms. The van der Waals surface area contributed by atoms with E-state index in [1.54, 1.807) is 0 Å². The minimum atomic E-state index is -0.678. The van der Waals surface area contributed by atoms with E-state index in [4.69, 9.17) is 10.5 Å². The van der Waals surface area contributed by atoms with Gasteiger partial charge in [0.1, 0.15) is 0 Å². The van der Waals surface area contributed by atoms with Gasteiger partial charge in [0.05, 0.1) is 6.10 Å². The average Bonchev–Trinajstić information content (AvgIpc) is 2.30. The van der Waals surface area contributed by atoms with Crippen molar-refractivity contribution in [1.29, 1.82) is 0 Å². The van der Waals surface area contributed by atoms with Crippen LogP contribution in [0, 0.1) is 0 Å². The van der Waals surface area contributed by atoms with Gasteiger partial charge in [-0.3, -0.25) is 4.21 Å². The molecule has 0 atom stereocenters. The highest BCUT2D eigenvalue weighted by Gasteiger charge is 2.19. The molecule has 0 amide bonds. The lowest BCUT2D eigenvalue weighted by molar-refractivity contribution is 0.222. The van der Waals surface area contributed by atoms with Crippen molar-refractivity contribution in [1.82, 2.24) is 15.0 Å². The monoisotopic (exact) mass is 285 g/mol. The molecule has 106 valence electrons. The van der Waals surface area contributed by atoms with E-state index in [1.807, 2.05) is 13.8 Å². The van der Waals surface area contributed by atoms with Gasteiger partial charge in [-0.1, -0.05) is 0 Å².